The molecule has 0 radical (unpaired) electrons. The first-order valence-corrected chi connectivity index (χ1v) is 9.81. The number of rotatable bonds is 7. The second-order valence-corrected chi connectivity index (χ2v) is 6.93. The Morgan fingerprint density at radius 1 is 1.09 bits per heavy atom. The Labute approximate surface area is 187 Å². The number of aromatic nitrogens is 2. The summed E-state index contributed by atoms with van der Waals surface area (Å²) in [5.74, 6) is -0.920. The highest BCUT2D eigenvalue weighted by Crippen LogP contribution is 2.39. The highest BCUT2D eigenvalue weighted by molar-refractivity contribution is 6.11. The number of azo groups is 1. The summed E-state index contributed by atoms with van der Waals surface area (Å²) in [5.41, 5.74) is 0.601. The number of Topliss-reactive ketones (excluding diaryl/α,β-unsaturated/α-hetero) is 1. The number of H-pyrrole nitrogens is 1. The van der Waals surface area contributed by atoms with Crippen molar-refractivity contribution in [3.05, 3.63) is 71.9 Å². The highest BCUT2D eigenvalue weighted by atomic mass is 16.5. The molecule has 1 aromatic heterocycles. The maximum atomic E-state index is 12.9. The number of anilines is 1. The van der Waals surface area contributed by atoms with E-state index in [4.69, 9.17) is 9.84 Å². The summed E-state index contributed by atoms with van der Waals surface area (Å²) < 4.78 is 5.11. The number of aliphatic hydroxyl groups is 1. The van der Waals surface area contributed by atoms with Crippen molar-refractivity contribution in [2.45, 2.75) is 0 Å². The summed E-state index contributed by atoms with van der Waals surface area (Å²) >= 11 is 0. The van der Waals surface area contributed by atoms with E-state index in [2.05, 4.69) is 25.7 Å². The number of aromatic amines is 1. The van der Waals surface area contributed by atoms with Gasteiger partial charge in [0.1, 0.15) is 18.0 Å². The Bertz CT molecular complexity index is 1360. The van der Waals surface area contributed by atoms with Crippen LogP contribution in [0.5, 0.6) is 11.5 Å². The van der Waals surface area contributed by atoms with Crippen molar-refractivity contribution in [1.29, 1.82) is 0 Å². The van der Waals surface area contributed by atoms with Gasteiger partial charge in [-0.2, -0.15) is 5.10 Å². The number of phenols is 1. The van der Waals surface area contributed by atoms with Gasteiger partial charge in [-0.25, -0.2) is 0 Å². The van der Waals surface area contributed by atoms with E-state index < -0.39 is 18.3 Å². The number of nitrogens with zero attached hydrogens (tertiary/aromatic N) is 3. The van der Waals surface area contributed by atoms with Gasteiger partial charge >= 0.3 is 0 Å². The lowest BCUT2D eigenvalue weighted by atomic mass is 10.0. The lowest BCUT2D eigenvalue weighted by Gasteiger charge is -2.11. The molecule has 0 atom stereocenters. The molecule has 10 nitrogen and oxygen atoms in total. The van der Waals surface area contributed by atoms with Crippen LogP contribution >= 0.6 is 0 Å². The number of carbonyl (C=O) groups excluding carboxylic acids is 2. The Balaban J connectivity index is 1.74. The zero-order valence-corrected chi connectivity index (χ0v) is 17.4. The van der Waals surface area contributed by atoms with Crippen LogP contribution in [0.4, 0.5) is 17.2 Å². The third-order valence-corrected chi connectivity index (χ3v) is 4.90. The van der Waals surface area contributed by atoms with Crippen LogP contribution < -0.4 is 10.1 Å². The van der Waals surface area contributed by atoms with Gasteiger partial charge in [-0.15, -0.1) is 10.2 Å². The van der Waals surface area contributed by atoms with E-state index in [1.165, 1.54) is 6.20 Å². The molecule has 0 saturated carbocycles. The fourth-order valence-electron chi connectivity index (χ4n) is 3.21. The molecule has 4 aromatic rings. The first-order chi connectivity index (χ1) is 16.0. The molecular formula is C23H19N5O5. The number of phenolic OH excluding ortho intramolecular Hbond substituents is 1. The minimum atomic E-state index is -0.711. The lowest BCUT2D eigenvalue weighted by Crippen LogP contribution is -2.12. The first-order valence-electron chi connectivity index (χ1n) is 9.81. The van der Waals surface area contributed by atoms with Crippen LogP contribution in [0, 0.1) is 0 Å². The highest BCUT2D eigenvalue weighted by Gasteiger charge is 2.19. The minimum Gasteiger partial charge on any atom is -0.505 e. The summed E-state index contributed by atoms with van der Waals surface area (Å²) in [6.07, 6.45) is 1.30. The standard InChI is InChI=1S/C23H19N5O5/c1-33-15-8-6-14(7-9-15)25-23(32)17-10-13-4-2-3-5-16(13)20(21(17)31)26-28-22-18(11-24-27-22)19(30)12-29/h2-11,29,31H,12H2,1H3,(H,24,27)(H,25,32)/b28-26+. The predicted molar refractivity (Wildman–Crippen MR) is 121 cm³/mol. The van der Waals surface area contributed by atoms with Crippen molar-refractivity contribution >= 4 is 39.7 Å². The molecule has 10 heteroatoms. The maximum absolute atomic E-state index is 12.9. The smallest absolute Gasteiger partial charge is 0.259 e. The SMILES string of the molecule is COc1ccc(NC(=O)c2cc3ccccc3c(/N=N/c3n[nH]cc3C(=O)CO)c2O)cc1. The van der Waals surface area contributed by atoms with Gasteiger partial charge < -0.3 is 20.3 Å². The van der Waals surface area contributed by atoms with Crippen LogP contribution in [0.1, 0.15) is 20.7 Å². The largest absolute Gasteiger partial charge is 0.505 e. The molecule has 0 unspecified atom stereocenters. The minimum absolute atomic E-state index is 0.00726. The van der Waals surface area contributed by atoms with Gasteiger partial charge in [-0.1, -0.05) is 24.3 Å². The monoisotopic (exact) mass is 445 g/mol. The molecule has 166 valence electrons. The normalized spacial score (nSPS) is 11.1. The Hall–Kier alpha value is -4.57. The van der Waals surface area contributed by atoms with E-state index in [0.29, 0.717) is 22.2 Å². The molecule has 3 aromatic carbocycles. The molecule has 0 fully saturated rings. The number of benzene rings is 3. The van der Waals surface area contributed by atoms with Crippen LogP contribution in [0.25, 0.3) is 10.8 Å². The van der Waals surface area contributed by atoms with Crippen molar-refractivity contribution in [2.24, 2.45) is 10.2 Å². The summed E-state index contributed by atoms with van der Waals surface area (Å²) in [6.45, 7) is -0.711. The van der Waals surface area contributed by atoms with Crippen LogP contribution in [-0.2, 0) is 0 Å². The van der Waals surface area contributed by atoms with Gasteiger partial charge in [-0.05, 0) is 35.7 Å². The number of methoxy groups -OCH3 is 1. The van der Waals surface area contributed by atoms with E-state index in [9.17, 15) is 14.7 Å². The molecule has 0 aliphatic heterocycles. The van der Waals surface area contributed by atoms with Crippen molar-refractivity contribution in [1.82, 2.24) is 10.2 Å². The average molecular weight is 445 g/mol. The number of hydrogen-bond donors (Lipinski definition) is 4. The van der Waals surface area contributed by atoms with Crippen LogP contribution in [-0.4, -0.2) is 45.8 Å². The van der Waals surface area contributed by atoms with E-state index in [1.54, 1.807) is 61.7 Å². The van der Waals surface area contributed by atoms with Crippen molar-refractivity contribution in [3.8, 4) is 11.5 Å². The van der Waals surface area contributed by atoms with Gasteiger partial charge in [0.25, 0.3) is 5.91 Å². The molecule has 4 N–H and O–H groups in total. The maximum Gasteiger partial charge on any atom is 0.259 e. The van der Waals surface area contributed by atoms with E-state index in [0.717, 1.165) is 0 Å². The number of aliphatic hydroxyl groups excluding tert-OH is 1. The van der Waals surface area contributed by atoms with Gasteiger partial charge in [-0.3, -0.25) is 14.7 Å². The molecular weight excluding hydrogens is 426 g/mol. The lowest BCUT2D eigenvalue weighted by molar-refractivity contribution is 0.0904. The van der Waals surface area contributed by atoms with Crippen molar-refractivity contribution < 1.29 is 24.5 Å². The topological polar surface area (TPSA) is 149 Å². The van der Waals surface area contributed by atoms with Crippen LogP contribution in [0.15, 0.2) is 71.0 Å². The van der Waals surface area contributed by atoms with Crippen molar-refractivity contribution in [3.63, 3.8) is 0 Å². The fraction of sp³-hybridized carbons (Fsp3) is 0.0870. The number of ether oxygens (including phenoxy) is 1. The molecule has 33 heavy (non-hydrogen) atoms. The summed E-state index contributed by atoms with van der Waals surface area (Å²) in [7, 11) is 1.54. The van der Waals surface area contributed by atoms with Crippen LogP contribution in [0.3, 0.4) is 0 Å². The van der Waals surface area contributed by atoms with Gasteiger partial charge in [0.2, 0.25) is 5.82 Å². The number of fused-ring (bicyclic) bond motifs is 1. The number of aromatic hydroxyl groups is 1. The average Bonchev–Trinajstić information content (AvgIpc) is 3.31. The molecule has 0 bridgehead atoms. The Morgan fingerprint density at radius 2 is 1.85 bits per heavy atom. The molecule has 0 aliphatic carbocycles. The summed E-state index contributed by atoms with van der Waals surface area (Å²) in [6, 6.07) is 15.3. The summed E-state index contributed by atoms with van der Waals surface area (Å²) in [4.78, 5) is 24.8. The third-order valence-electron chi connectivity index (χ3n) is 4.90. The molecule has 0 spiro atoms. The third kappa shape index (κ3) is 4.41. The second kappa shape index (κ2) is 9.28. The van der Waals surface area contributed by atoms with E-state index in [-0.39, 0.29) is 28.4 Å². The van der Waals surface area contributed by atoms with E-state index >= 15 is 0 Å². The molecule has 0 aliphatic rings. The Morgan fingerprint density at radius 3 is 2.58 bits per heavy atom. The molecule has 4 rings (SSSR count). The predicted octanol–water partition coefficient (Wildman–Crippen LogP) is 4.12. The quantitative estimate of drug-likeness (QED) is 0.248. The number of ketones is 1. The molecule has 1 heterocycles. The fourth-order valence-corrected chi connectivity index (χ4v) is 3.21. The Kier molecular flexibility index (Phi) is 6.09. The van der Waals surface area contributed by atoms with Crippen LogP contribution in [0.2, 0.25) is 0 Å². The van der Waals surface area contributed by atoms with Gasteiger partial charge in [0.15, 0.2) is 11.5 Å². The first kappa shape index (κ1) is 21.7. The summed E-state index contributed by atoms with van der Waals surface area (Å²) in [5, 5.41) is 38.3. The van der Waals surface area contributed by atoms with Gasteiger partial charge in [0, 0.05) is 17.3 Å². The zero-order valence-electron chi connectivity index (χ0n) is 17.4. The molecule has 0 saturated heterocycles. The number of nitrogens with one attached hydrogen (secondary N) is 2. The van der Waals surface area contributed by atoms with Gasteiger partial charge in [0.05, 0.1) is 18.2 Å². The number of carbonyl (C=O) groups is 2. The van der Waals surface area contributed by atoms with E-state index in [1.807, 2.05) is 0 Å². The second-order valence-electron chi connectivity index (χ2n) is 6.93. The van der Waals surface area contributed by atoms with Crippen molar-refractivity contribution in [2.75, 3.05) is 19.0 Å². The molecule has 1 amide bonds. The number of hydrogen-bond acceptors (Lipinski definition) is 8. The number of amides is 1. The zero-order chi connectivity index (χ0) is 23.4.